The molecule has 0 saturated heterocycles. The molecule has 45 valence electrons. The van der Waals surface area contributed by atoms with E-state index in [-0.39, 0.29) is 0 Å². The highest BCUT2D eigenvalue weighted by Gasteiger charge is 1.88. The van der Waals surface area contributed by atoms with Crippen molar-refractivity contribution >= 4 is 10.2 Å². The molecule has 0 bridgehead atoms. The highest BCUT2D eigenvalue weighted by molar-refractivity contribution is 6.21. The molecule has 0 rings (SSSR count). The first-order chi connectivity index (χ1) is 3.72. The zero-order valence-corrected chi connectivity index (χ0v) is 6.91. The first-order valence-electron chi connectivity index (χ1n) is 3.12. The highest BCUT2D eigenvalue weighted by Crippen LogP contribution is 2.06. The van der Waals surface area contributed by atoms with Crippen molar-refractivity contribution < 1.29 is 0 Å². The van der Waals surface area contributed by atoms with Crippen molar-refractivity contribution in [2.75, 3.05) is 0 Å². The van der Waals surface area contributed by atoms with Crippen molar-refractivity contribution in [1.82, 2.24) is 0 Å². The Morgan fingerprint density at radius 2 is 1.75 bits per heavy atom. The first-order valence-corrected chi connectivity index (χ1v) is 3.62. The van der Waals surface area contributed by atoms with Crippen LogP contribution in [-0.4, -0.2) is 10.2 Å². The standard InChI is InChI=1S/C7H13Si/c1-4-6(3)7(8)5-2/h4-5H2,1-3H3. The van der Waals surface area contributed by atoms with Crippen LogP contribution >= 0.6 is 0 Å². The zero-order chi connectivity index (χ0) is 6.57. The van der Waals surface area contributed by atoms with Crippen molar-refractivity contribution in [2.24, 2.45) is 0 Å². The van der Waals surface area contributed by atoms with Gasteiger partial charge in [-0.2, -0.15) is 0 Å². The highest BCUT2D eigenvalue weighted by atomic mass is 28.1. The number of rotatable bonds is 2. The molecule has 0 spiro atoms. The van der Waals surface area contributed by atoms with Gasteiger partial charge in [0.2, 0.25) is 0 Å². The monoisotopic (exact) mass is 125 g/mol. The van der Waals surface area contributed by atoms with E-state index in [0.29, 0.717) is 0 Å². The van der Waals surface area contributed by atoms with Crippen molar-refractivity contribution in [3.8, 4) is 0 Å². The molecule has 0 aliphatic rings. The van der Waals surface area contributed by atoms with E-state index in [0.717, 1.165) is 12.8 Å². The molecule has 3 radical (unpaired) electrons. The fourth-order valence-electron chi connectivity index (χ4n) is 0.515. The summed E-state index contributed by atoms with van der Waals surface area (Å²) in [6.07, 6.45) is 2.28. The van der Waals surface area contributed by atoms with Crippen molar-refractivity contribution in [3.05, 3.63) is 10.8 Å². The second-order valence-corrected chi connectivity index (χ2v) is 2.57. The van der Waals surface area contributed by atoms with Gasteiger partial charge in [-0.15, -0.1) is 0 Å². The van der Waals surface area contributed by atoms with Crippen molar-refractivity contribution in [1.29, 1.82) is 0 Å². The van der Waals surface area contributed by atoms with Gasteiger partial charge in [-0.1, -0.05) is 24.6 Å². The van der Waals surface area contributed by atoms with Crippen LogP contribution in [0.4, 0.5) is 0 Å². The fourth-order valence-corrected chi connectivity index (χ4v) is 0.692. The van der Waals surface area contributed by atoms with Gasteiger partial charge < -0.3 is 0 Å². The summed E-state index contributed by atoms with van der Waals surface area (Å²) >= 11 is 0. The molecule has 0 saturated carbocycles. The van der Waals surface area contributed by atoms with Crippen molar-refractivity contribution in [3.63, 3.8) is 0 Å². The quantitative estimate of drug-likeness (QED) is 0.497. The Morgan fingerprint density at radius 3 is 1.88 bits per heavy atom. The van der Waals surface area contributed by atoms with E-state index in [1.165, 1.54) is 10.8 Å². The maximum absolute atomic E-state index is 3.53. The van der Waals surface area contributed by atoms with Gasteiger partial charge in [0.25, 0.3) is 0 Å². The minimum Gasteiger partial charge on any atom is -0.0897 e. The van der Waals surface area contributed by atoms with E-state index in [1.54, 1.807) is 0 Å². The molecular formula is C7H13Si. The minimum atomic E-state index is 1.12. The van der Waals surface area contributed by atoms with Crippen LogP contribution in [0, 0.1) is 0 Å². The third-order valence-corrected chi connectivity index (χ3v) is 2.18. The summed E-state index contributed by atoms with van der Waals surface area (Å²) in [5.41, 5.74) is 1.46. The van der Waals surface area contributed by atoms with Gasteiger partial charge in [-0.3, -0.25) is 0 Å². The molecular weight excluding hydrogens is 112 g/mol. The molecule has 0 unspecified atom stereocenters. The Balaban J connectivity index is 3.83. The Bertz CT molecular complexity index is 80.6. The Hall–Kier alpha value is -0.0431. The fraction of sp³-hybridized carbons (Fsp3) is 0.714. The average Bonchev–Trinajstić information content (AvgIpc) is 1.84. The lowest BCUT2D eigenvalue weighted by Gasteiger charge is -1.99. The number of hydrogen-bond acceptors (Lipinski definition) is 0. The Kier molecular flexibility index (Phi) is 3.88. The smallest absolute Gasteiger partial charge is 0.0649 e. The van der Waals surface area contributed by atoms with E-state index in [4.69, 9.17) is 0 Å². The summed E-state index contributed by atoms with van der Waals surface area (Å²) in [7, 11) is 3.53. The number of allylic oxidation sites excluding steroid dienone is 2. The van der Waals surface area contributed by atoms with Gasteiger partial charge in [-0.25, -0.2) is 0 Å². The Morgan fingerprint density at radius 1 is 1.25 bits per heavy atom. The normalized spacial score (nSPS) is 13.5. The lowest BCUT2D eigenvalue weighted by atomic mass is 10.2. The van der Waals surface area contributed by atoms with E-state index < -0.39 is 0 Å². The third-order valence-electron chi connectivity index (χ3n) is 1.40. The summed E-state index contributed by atoms with van der Waals surface area (Å²) in [6, 6.07) is 0. The molecule has 0 aromatic heterocycles. The number of hydrogen-bond donors (Lipinski definition) is 0. The van der Waals surface area contributed by atoms with E-state index in [2.05, 4.69) is 31.0 Å². The molecule has 0 fully saturated rings. The maximum Gasteiger partial charge on any atom is 0.0649 e. The van der Waals surface area contributed by atoms with Gasteiger partial charge in [0.1, 0.15) is 0 Å². The van der Waals surface area contributed by atoms with Gasteiger partial charge in [0.05, 0.1) is 10.2 Å². The molecule has 0 atom stereocenters. The molecule has 0 nitrogen and oxygen atoms in total. The van der Waals surface area contributed by atoms with Crippen LogP contribution in [0.15, 0.2) is 10.8 Å². The molecule has 0 aliphatic carbocycles. The summed E-state index contributed by atoms with van der Waals surface area (Å²) in [6.45, 7) is 6.48. The Labute approximate surface area is 55.4 Å². The molecule has 0 N–H and O–H groups in total. The topological polar surface area (TPSA) is 0 Å². The minimum absolute atomic E-state index is 1.12. The summed E-state index contributed by atoms with van der Waals surface area (Å²) in [5.74, 6) is 0. The predicted molar refractivity (Wildman–Crippen MR) is 39.0 cm³/mol. The lowest BCUT2D eigenvalue weighted by molar-refractivity contribution is 1.04. The first kappa shape index (κ1) is 7.96. The zero-order valence-electron chi connectivity index (χ0n) is 5.91. The van der Waals surface area contributed by atoms with Gasteiger partial charge in [-0.05, 0) is 19.8 Å². The average molecular weight is 125 g/mol. The van der Waals surface area contributed by atoms with Crippen LogP contribution in [0.25, 0.3) is 0 Å². The predicted octanol–water partition coefficient (Wildman–Crippen LogP) is 2.25. The molecule has 0 heterocycles. The van der Waals surface area contributed by atoms with E-state index in [1.807, 2.05) is 0 Å². The van der Waals surface area contributed by atoms with Gasteiger partial charge >= 0.3 is 0 Å². The molecule has 0 aromatic rings. The largest absolute Gasteiger partial charge is 0.0897 e. The summed E-state index contributed by atoms with van der Waals surface area (Å²) in [4.78, 5) is 0. The molecule has 0 aliphatic heterocycles. The van der Waals surface area contributed by atoms with Crippen molar-refractivity contribution in [2.45, 2.75) is 33.6 Å². The van der Waals surface area contributed by atoms with Crippen LogP contribution < -0.4 is 0 Å². The van der Waals surface area contributed by atoms with Crippen LogP contribution in [0.1, 0.15) is 33.6 Å². The molecule has 0 amide bonds. The van der Waals surface area contributed by atoms with Gasteiger partial charge in [0, 0.05) is 0 Å². The van der Waals surface area contributed by atoms with E-state index in [9.17, 15) is 0 Å². The van der Waals surface area contributed by atoms with Crippen LogP contribution in [-0.2, 0) is 0 Å². The molecule has 0 aromatic carbocycles. The summed E-state index contributed by atoms with van der Waals surface area (Å²) in [5, 5.41) is 1.35. The molecule has 8 heavy (non-hydrogen) atoms. The lowest BCUT2D eigenvalue weighted by Crippen LogP contribution is -1.83. The second kappa shape index (κ2) is 3.90. The molecule has 1 heteroatoms. The third kappa shape index (κ3) is 2.31. The van der Waals surface area contributed by atoms with Gasteiger partial charge in [0.15, 0.2) is 0 Å². The van der Waals surface area contributed by atoms with Crippen LogP contribution in [0.5, 0.6) is 0 Å². The summed E-state index contributed by atoms with van der Waals surface area (Å²) < 4.78 is 0. The second-order valence-electron chi connectivity index (χ2n) is 1.97. The van der Waals surface area contributed by atoms with Crippen LogP contribution in [0.2, 0.25) is 0 Å². The SMILES string of the molecule is CCC(C)=C([Si])CC. The maximum atomic E-state index is 3.53. The van der Waals surface area contributed by atoms with E-state index >= 15 is 0 Å². The van der Waals surface area contributed by atoms with Crippen LogP contribution in [0.3, 0.4) is 0 Å².